The number of carbonyl (C=O) groups excluding carboxylic acids is 1. The summed E-state index contributed by atoms with van der Waals surface area (Å²) in [5.74, 6) is -0.417. The summed E-state index contributed by atoms with van der Waals surface area (Å²) in [5, 5.41) is 11.7. The molecular formula is C18H22N2O4S. The van der Waals surface area contributed by atoms with Crippen LogP contribution in [0.2, 0.25) is 0 Å². The number of aryl methyl sites for hydroxylation is 1. The molecule has 0 heterocycles. The van der Waals surface area contributed by atoms with Crippen molar-refractivity contribution in [3.63, 3.8) is 0 Å². The Bertz CT molecular complexity index is 835. The summed E-state index contributed by atoms with van der Waals surface area (Å²) in [6.07, 6.45) is 0. The Morgan fingerprint density at radius 1 is 1.16 bits per heavy atom. The van der Waals surface area contributed by atoms with Crippen molar-refractivity contribution in [2.45, 2.75) is 31.3 Å². The SMILES string of the molecule is Cc1ccc(S(=O)(=O)NCc2ccccc2)cc1C(=O)NC(C)CO. The van der Waals surface area contributed by atoms with Gasteiger partial charge >= 0.3 is 0 Å². The molecular weight excluding hydrogens is 340 g/mol. The predicted octanol–water partition coefficient (Wildman–Crippen LogP) is 1.58. The van der Waals surface area contributed by atoms with Gasteiger partial charge < -0.3 is 10.4 Å². The van der Waals surface area contributed by atoms with Gasteiger partial charge in [0.25, 0.3) is 5.91 Å². The highest BCUT2D eigenvalue weighted by atomic mass is 32.2. The molecule has 134 valence electrons. The third kappa shape index (κ3) is 5.12. The summed E-state index contributed by atoms with van der Waals surface area (Å²) in [6.45, 7) is 3.36. The van der Waals surface area contributed by atoms with Crippen LogP contribution in [0, 0.1) is 6.92 Å². The lowest BCUT2D eigenvalue weighted by atomic mass is 10.1. The van der Waals surface area contributed by atoms with Crippen LogP contribution >= 0.6 is 0 Å². The van der Waals surface area contributed by atoms with Crippen molar-refractivity contribution in [3.8, 4) is 0 Å². The van der Waals surface area contributed by atoms with Gasteiger partial charge in [-0.15, -0.1) is 0 Å². The fraction of sp³-hybridized carbons (Fsp3) is 0.278. The van der Waals surface area contributed by atoms with E-state index >= 15 is 0 Å². The standard InChI is InChI=1S/C18H22N2O4S/c1-13-8-9-16(10-17(13)18(22)20-14(2)12-21)25(23,24)19-11-15-6-4-3-5-7-15/h3-10,14,19,21H,11-12H2,1-2H3,(H,20,22). The van der Waals surface area contributed by atoms with Crippen molar-refractivity contribution in [1.82, 2.24) is 10.0 Å². The molecule has 2 rings (SSSR count). The Labute approximate surface area is 147 Å². The molecule has 0 spiro atoms. The van der Waals surface area contributed by atoms with Gasteiger partial charge in [-0.1, -0.05) is 36.4 Å². The Morgan fingerprint density at radius 2 is 1.84 bits per heavy atom. The van der Waals surface area contributed by atoms with Crippen LogP contribution in [-0.2, 0) is 16.6 Å². The third-order valence-corrected chi connectivity index (χ3v) is 5.12. The normalized spacial score (nSPS) is 12.6. The van der Waals surface area contributed by atoms with E-state index in [2.05, 4.69) is 10.0 Å². The maximum Gasteiger partial charge on any atom is 0.251 e. The van der Waals surface area contributed by atoms with Gasteiger partial charge in [-0.3, -0.25) is 4.79 Å². The lowest BCUT2D eigenvalue weighted by Crippen LogP contribution is -2.35. The molecule has 0 fully saturated rings. The van der Waals surface area contributed by atoms with Crippen molar-refractivity contribution in [2.75, 3.05) is 6.61 Å². The Kier molecular flexibility index (Phi) is 6.30. The van der Waals surface area contributed by atoms with E-state index in [1.165, 1.54) is 12.1 Å². The van der Waals surface area contributed by atoms with Crippen LogP contribution < -0.4 is 10.0 Å². The van der Waals surface area contributed by atoms with Crippen molar-refractivity contribution >= 4 is 15.9 Å². The number of sulfonamides is 1. The molecule has 0 aromatic heterocycles. The van der Waals surface area contributed by atoms with Gasteiger partial charge in [0.1, 0.15) is 0 Å². The number of aliphatic hydroxyl groups excluding tert-OH is 1. The van der Waals surface area contributed by atoms with E-state index in [1.807, 2.05) is 30.3 Å². The van der Waals surface area contributed by atoms with E-state index in [4.69, 9.17) is 5.11 Å². The number of rotatable bonds is 7. The number of amides is 1. The number of nitrogens with one attached hydrogen (secondary N) is 2. The maximum absolute atomic E-state index is 12.5. The van der Waals surface area contributed by atoms with Crippen LogP contribution in [0.15, 0.2) is 53.4 Å². The van der Waals surface area contributed by atoms with Gasteiger partial charge in [0.05, 0.1) is 11.5 Å². The molecule has 6 nitrogen and oxygen atoms in total. The molecule has 0 radical (unpaired) electrons. The Balaban J connectivity index is 2.20. The first-order valence-electron chi connectivity index (χ1n) is 7.89. The molecule has 0 saturated carbocycles. The van der Waals surface area contributed by atoms with Gasteiger partial charge in [-0.25, -0.2) is 13.1 Å². The molecule has 1 amide bonds. The highest BCUT2D eigenvalue weighted by Gasteiger charge is 2.18. The fourth-order valence-corrected chi connectivity index (χ4v) is 3.26. The largest absolute Gasteiger partial charge is 0.394 e. The van der Waals surface area contributed by atoms with Gasteiger partial charge in [0, 0.05) is 18.2 Å². The second kappa shape index (κ2) is 8.24. The topological polar surface area (TPSA) is 95.5 Å². The smallest absolute Gasteiger partial charge is 0.251 e. The summed E-state index contributed by atoms with van der Waals surface area (Å²) in [7, 11) is -3.74. The van der Waals surface area contributed by atoms with E-state index < -0.39 is 22.0 Å². The predicted molar refractivity (Wildman–Crippen MR) is 95.7 cm³/mol. The lowest BCUT2D eigenvalue weighted by molar-refractivity contribution is 0.0921. The molecule has 3 N–H and O–H groups in total. The molecule has 0 bridgehead atoms. The van der Waals surface area contributed by atoms with Crippen LogP contribution in [0.5, 0.6) is 0 Å². The molecule has 1 atom stereocenters. The van der Waals surface area contributed by atoms with Crippen LogP contribution in [0.25, 0.3) is 0 Å². The van der Waals surface area contributed by atoms with E-state index in [1.54, 1.807) is 19.9 Å². The van der Waals surface area contributed by atoms with Crippen LogP contribution in [0.4, 0.5) is 0 Å². The first-order valence-corrected chi connectivity index (χ1v) is 9.38. The molecule has 0 saturated heterocycles. The molecule has 0 aliphatic heterocycles. The summed E-state index contributed by atoms with van der Waals surface area (Å²) >= 11 is 0. The van der Waals surface area contributed by atoms with Crippen molar-refractivity contribution < 1.29 is 18.3 Å². The molecule has 0 aliphatic rings. The zero-order valence-corrected chi connectivity index (χ0v) is 15.0. The molecule has 7 heteroatoms. The van der Waals surface area contributed by atoms with Crippen molar-refractivity contribution in [2.24, 2.45) is 0 Å². The highest BCUT2D eigenvalue weighted by molar-refractivity contribution is 7.89. The van der Waals surface area contributed by atoms with Crippen LogP contribution in [0.1, 0.15) is 28.4 Å². The fourth-order valence-electron chi connectivity index (χ4n) is 2.22. The van der Waals surface area contributed by atoms with Crippen molar-refractivity contribution in [1.29, 1.82) is 0 Å². The van der Waals surface area contributed by atoms with E-state index in [-0.39, 0.29) is 23.6 Å². The lowest BCUT2D eigenvalue weighted by Gasteiger charge is -2.14. The van der Waals surface area contributed by atoms with Gasteiger partial charge in [0.15, 0.2) is 0 Å². The summed E-state index contributed by atoms with van der Waals surface area (Å²) < 4.78 is 27.5. The minimum Gasteiger partial charge on any atom is -0.394 e. The van der Waals surface area contributed by atoms with Crippen LogP contribution in [-0.4, -0.2) is 32.1 Å². The maximum atomic E-state index is 12.5. The summed E-state index contributed by atoms with van der Waals surface area (Å²) in [4.78, 5) is 12.3. The average Bonchev–Trinajstić information content (AvgIpc) is 2.61. The van der Waals surface area contributed by atoms with Gasteiger partial charge in [-0.05, 0) is 37.1 Å². The molecule has 0 aliphatic carbocycles. The molecule has 2 aromatic rings. The molecule has 1 unspecified atom stereocenters. The minimum absolute atomic E-state index is 0.0239. The second-order valence-corrected chi connectivity index (χ2v) is 7.61. The van der Waals surface area contributed by atoms with Crippen molar-refractivity contribution in [3.05, 3.63) is 65.2 Å². The van der Waals surface area contributed by atoms with E-state index in [9.17, 15) is 13.2 Å². The first-order chi connectivity index (χ1) is 11.8. The van der Waals surface area contributed by atoms with E-state index in [0.717, 1.165) is 5.56 Å². The first kappa shape index (κ1) is 19.1. The number of benzene rings is 2. The minimum atomic E-state index is -3.74. The molecule has 2 aromatic carbocycles. The molecule has 25 heavy (non-hydrogen) atoms. The number of aliphatic hydroxyl groups is 1. The van der Waals surface area contributed by atoms with E-state index in [0.29, 0.717) is 5.56 Å². The third-order valence-electron chi connectivity index (χ3n) is 3.72. The second-order valence-electron chi connectivity index (χ2n) is 5.84. The summed E-state index contributed by atoms with van der Waals surface area (Å²) in [6, 6.07) is 13.2. The highest BCUT2D eigenvalue weighted by Crippen LogP contribution is 2.16. The van der Waals surface area contributed by atoms with Gasteiger partial charge in [-0.2, -0.15) is 0 Å². The number of hydrogen-bond donors (Lipinski definition) is 3. The quantitative estimate of drug-likeness (QED) is 0.697. The monoisotopic (exact) mass is 362 g/mol. The number of carbonyl (C=O) groups is 1. The number of hydrogen-bond acceptors (Lipinski definition) is 4. The Morgan fingerprint density at radius 3 is 2.48 bits per heavy atom. The zero-order chi connectivity index (χ0) is 18.4. The van der Waals surface area contributed by atoms with Gasteiger partial charge in [0.2, 0.25) is 10.0 Å². The zero-order valence-electron chi connectivity index (χ0n) is 14.2. The average molecular weight is 362 g/mol. The summed E-state index contributed by atoms with van der Waals surface area (Å²) in [5.41, 5.74) is 1.76. The van der Waals surface area contributed by atoms with Crippen LogP contribution in [0.3, 0.4) is 0 Å². The Hall–Kier alpha value is -2.22.